The fourth-order valence-corrected chi connectivity index (χ4v) is 5.83. The molecular weight excluding hydrogens is 510 g/mol. The number of halogens is 4. The van der Waals surface area contributed by atoms with Crippen LogP contribution in [0.2, 0.25) is 0 Å². The van der Waals surface area contributed by atoms with Gasteiger partial charge in [-0.25, -0.2) is 26.0 Å². The molecule has 11 heteroatoms. The van der Waals surface area contributed by atoms with E-state index in [1.807, 2.05) is 54.6 Å². The summed E-state index contributed by atoms with van der Waals surface area (Å²) in [7, 11) is -4.61. The topological polar surface area (TPSA) is 64.4 Å². The van der Waals surface area contributed by atoms with Gasteiger partial charge in [-0.15, -0.1) is 0 Å². The monoisotopic (exact) mass is 531 g/mol. The zero-order chi connectivity index (χ0) is 26.2. The lowest BCUT2D eigenvalue weighted by molar-refractivity contribution is 0.253. The molecule has 1 fully saturated rings. The van der Waals surface area contributed by atoms with Crippen LogP contribution in [0.5, 0.6) is 11.5 Å². The Bertz CT molecular complexity index is 1530. The minimum Gasteiger partial charge on any atom is -0.457 e. The molecule has 0 N–H and O–H groups in total. The van der Waals surface area contributed by atoms with Crippen LogP contribution in [0.15, 0.2) is 77.8 Å². The number of ether oxygens (including phenoxy) is 1. The highest BCUT2D eigenvalue weighted by Crippen LogP contribution is 2.31. The molecule has 1 aliphatic heterocycles. The van der Waals surface area contributed by atoms with E-state index >= 15 is 0 Å². The maximum atomic E-state index is 14.2. The molecule has 0 amide bonds. The van der Waals surface area contributed by atoms with Gasteiger partial charge in [0.2, 0.25) is 10.0 Å². The van der Waals surface area contributed by atoms with Crippen molar-refractivity contribution in [3.05, 3.63) is 96.2 Å². The summed E-state index contributed by atoms with van der Waals surface area (Å²) in [5.74, 6) is -6.57. The Balaban J connectivity index is 1.32. The molecule has 1 aromatic heterocycles. The van der Waals surface area contributed by atoms with Gasteiger partial charge in [-0.05, 0) is 55.3 Å². The predicted molar refractivity (Wildman–Crippen MR) is 127 cm³/mol. The zero-order valence-corrected chi connectivity index (χ0v) is 20.1. The smallest absolute Gasteiger partial charge is 0.246 e. The molecule has 6 nitrogen and oxygen atoms in total. The van der Waals surface area contributed by atoms with Gasteiger partial charge in [-0.3, -0.25) is 4.68 Å². The lowest BCUT2D eigenvalue weighted by Gasteiger charge is -2.32. The van der Waals surface area contributed by atoms with E-state index in [1.54, 1.807) is 16.9 Å². The van der Waals surface area contributed by atoms with E-state index in [0.717, 1.165) is 9.87 Å². The van der Waals surface area contributed by atoms with Gasteiger partial charge in [0.15, 0.2) is 23.3 Å². The number of rotatable bonds is 6. The zero-order valence-electron chi connectivity index (χ0n) is 19.3. The summed E-state index contributed by atoms with van der Waals surface area (Å²) in [4.78, 5) is -1.23. The van der Waals surface area contributed by atoms with Crippen LogP contribution < -0.4 is 4.74 Å². The van der Waals surface area contributed by atoms with E-state index in [2.05, 4.69) is 5.10 Å². The van der Waals surface area contributed by atoms with Crippen molar-refractivity contribution in [3.63, 3.8) is 0 Å². The molecule has 1 saturated heterocycles. The first kappa shape index (κ1) is 25.0. The molecular formula is C26H21F4N3O3S. The Labute approximate surface area is 210 Å². The van der Waals surface area contributed by atoms with Crippen molar-refractivity contribution in [2.24, 2.45) is 0 Å². The Kier molecular flexibility index (Phi) is 6.74. The minimum absolute atomic E-state index is 0.0237. The highest BCUT2D eigenvalue weighted by molar-refractivity contribution is 7.89. The van der Waals surface area contributed by atoms with Gasteiger partial charge < -0.3 is 4.74 Å². The molecule has 5 rings (SSSR count). The van der Waals surface area contributed by atoms with Crippen LogP contribution in [0, 0.1) is 23.3 Å². The van der Waals surface area contributed by atoms with Crippen molar-refractivity contribution < 1.29 is 30.7 Å². The number of para-hydroxylation sites is 1. The first-order chi connectivity index (χ1) is 17.7. The fraction of sp³-hybridized carbons (Fsp3) is 0.192. The predicted octanol–water partition coefficient (Wildman–Crippen LogP) is 5.92. The van der Waals surface area contributed by atoms with Crippen molar-refractivity contribution in [3.8, 4) is 22.8 Å². The number of aromatic nitrogens is 2. The van der Waals surface area contributed by atoms with E-state index in [9.17, 15) is 26.0 Å². The summed E-state index contributed by atoms with van der Waals surface area (Å²) in [5, 5.41) is 4.58. The largest absolute Gasteiger partial charge is 0.457 e. The lowest BCUT2D eigenvalue weighted by atomic mass is 10.1. The molecule has 0 radical (unpaired) electrons. The Hall–Kier alpha value is -3.70. The van der Waals surface area contributed by atoms with Crippen LogP contribution >= 0.6 is 0 Å². The quantitative estimate of drug-likeness (QED) is 0.176. The maximum absolute atomic E-state index is 14.2. The van der Waals surface area contributed by atoms with Crippen LogP contribution in [0.1, 0.15) is 18.9 Å². The van der Waals surface area contributed by atoms with Crippen molar-refractivity contribution in [2.45, 2.75) is 23.8 Å². The summed E-state index contributed by atoms with van der Waals surface area (Å²) in [6.45, 7) is -0.0662. The molecule has 1 aliphatic rings. The van der Waals surface area contributed by atoms with Gasteiger partial charge in [0.25, 0.3) is 0 Å². The van der Waals surface area contributed by atoms with Gasteiger partial charge in [0.1, 0.15) is 16.4 Å². The van der Waals surface area contributed by atoms with Crippen molar-refractivity contribution in [1.82, 2.24) is 14.1 Å². The van der Waals surface area contributed by atoms with E-state index in [1.165, 1.54) is 0 Å². The molecule has 2 heterocycles. The molecule has 1 atom stereocenters. The van der Waals surface area contributed by atoms with E-state index < -0.39 is 44.2 Å². The third-order valence-electron chi connectivity index (χ3n) is 6.16. The number of benzene rings is 3. The molecule has 37 heavy (non-hydrogen) atoms. The second-order valence-corrected chi connectivity index (χ2v) is 10.5. The molecule has 0 aliphatic carbocycles. The van der Waals surface area contributed by atoms with Crippen molar-refractivity contribution in [1.29, 1.82) is 0 Å². The number of piperidine rings is 1. The molecule has 0 unspecified atom stereocenters. The SMILES string of the molecule is O=S(=O)(c1cc(F)c(F)c(F)c1F)N1CCC[C@@H](n2ccc(-c3ccc(Oc4ccccc4)cc3)n2)C1. The molecule has 3 aromatic carbocycles. The van der Waals surface area contributed by atoms with E-state index in [-0.39, 0.29) is 19.2 Å². The van der Waals surface area contributed by atoms with E-state index in [0.29, 0.717) is 30.0 Å². The minimum atomic E-state index is -4.61. The second-order valence-electron chi connectivity index (χ2n) is 8.58. The van der Waals surface area contributed by atoms with Crippen LogP contribution in [-0.2, 0) is 10.0 Å². The van der Waals surface area contributed by atoms with Gasteiger partial charge in [0, 0.05) is 30.9 Å². The number of hydrogen-bond donors (Lipinski definition) is 0. The van der Waals surface area contributed by atoms with Gasteiger partial charge in [0.05, 0.1) is 11.7 Å². The molecule has 0 spiro atoms. The van der Waals surface area contributed by atoms with Crippen LogP contribution in [-0.4, -0.2) is 35.6 Å². The van der Waals surface area contributed by atoms with Gasteiger partial charge in [-0.1, -0.05) is 18.2 Å². The van der Waals surface area contributed by atoms with Crippen LogP contribution in [0.3, 0.4) is 0 Å². The summed E-state index contributed by atoms with van der Waals surface area (Å²) in [6.07, 6.45) is 2.71. The number of nitrogens with zero attached hydrogens (tertiary/aromatic N) is 3. The molecule has 0 saturated carbocycles. The average molecular weight is 532 g/mol. The van der Waals surface area contributed by atoms with Gasteiger partial charge in [-0.2, -0.15) is 9.40 Å². The summed E-state index contributed by atoms with van der Waals surface area (Å²) >= 11 is 0. The Morgan fingerprint density at radius 2 is 1.57 bits per heavy atom. The lowest BCUT2D eigenvalue weighted by Crippen LogP contribution is -2.41. The van der Waals surface area contributed by atoms with Crippen LogP contribution in [0.4, 0.5) is 17.6 Å². The fourth-order valence-electron chi connectivity index (χ4n) is 4.25. The van der Waals surface area contributed by atoms with Crippen LogP contribution in [0.25, 0.3) is 11.3 Å². The molecule has 0 bridgehead atoms. The Morgan fingerprint density at radius 3 is 2.30 bits per heavy atom. The first-order valence-electron chi connectivity index (χ1n) is 11.5. The summed E-state index contributed by atoms with van der Waals surface area (Å²) in [6, 6.07) is 18.2. The second kappa shape index (κ2) is 9.98. The molecule has 4 aromatic rings. The third-order valence-corrected chi connectivity index (χ3v) is 8.02. The highest BCUT2D eigenvalue weighted by atomic mass is 32.2. The van der Waals surface area contributed by atoms with Crippen molar-refractivity contribution in [2.75, 3.05) is 13.1 Å². The average Bonchev–Trinajstić information content (AvgIpc) is 3.41. The standard InChI is InChI=1S/C26H21F4N3O3S/c27-21-15-23(25(29)26(30)24(21)28)37(34,35)32-13-4-5-18(16-32)33-14-12-22(31-33)17-8-10-20(11-9-17)36-19-6-2-1-3-7-19/h1-3,6-12,14-15,18H,4-5,13,16H2/t18-/m1/s1. The van der Waals surface area contributed by atoms with E-state index in [4.69, 9.17) is 4.74 Å². The summed E-state index contributed by atoms with van der Waals surface area (Å²) < 4.78 is 89.2. The Morgan fingerprint density at radius 1 is 0.865 bits per heavy atom. The van der Waals surface area contributed by atoms with Gasteiger partial charge >= 0.3 is 0 Å². The highest BCUT2D eigenvalue weighted by Gasteiger charge is 2.35. The third kappa shape index (κ3) is 4.96. The number of sulfonamides is 1. The first-order valence-corrected chi connectivity index (χ1v) is 12.9. The summed E-state index contributed by atoms with van der Waals surface area (Å²) in [5.41, 5.74) is 1.47. The molecule has 192 valence electrons. The maximum Gasteiger partial charge on any atom is 0.246 e. The number of hydrogen-bond acceptors (Lipinski definition) is 4. The van der Waals surface area contributed by atoms with Crippen molar-refractivity contribution >= 4 is 10.0 Å². The normalized spacial score (nSPS) is 16.6.